The lowest BCUT2D eigenvalue weighted by Gasteiger charge is -1.71. The van der Waals surface area contributed by atoms with E-state index in [9.17, 15) is 0 Å². The number of thiocarbonyl (C=S) groups is 1. The molecule has 0 aromatic heterocycles. The van der Waals surface area contributed by atoms with Crippen molar-refractivity contribution in [1.82, 2.24) is 0 Å². The van der Waals surface area contributed by atoms with Gasteiger partial charge in [0.2, 0.25) is 0 Å². The van der Waals surface area contributed by atoms with Crippen LogP contribution in [-0.4, -0.2) is 17.2 Å². The number of rotatable bonds is 1. The van der Waals surface area contributed by atoms with Crippen molar-refractivity contribution >= 4 is 27.8 Å². The molecule has 30 valence electrons. The summed E-state index contributed by atoms with van der Waals surface area (Å²) in [4.78, 5) is 0. The van der Waals surface area contributed by atoms with Crippen LogP contribution in [-0.2, 0) is 10.9 Å². The van der Waals surface area contributed by atoms with E-state index in [0.29, 0.717) is 10.9 Å². The van der Waals surface area contributed by atoms with Crippen LogP contribution in [0.4, 0.5) is 0 Å². The van der Waals surface area contributed by atoms with Crippen LogP contribution in [0.1, 0.15) is 0 Å². The minimum atomic E-state index is 0.367. The molecule has 5 heavy (non-hydrogen) atoms. The Labute approximate surface area is 40.9 Å². The van der Waals surface area contributed by atoms with Gasteiger partial charge in [0.05, 0.1) is 0 Å². The fourth-order valence-electron chi connectivity index (χ4n) is 0. The first-order chi connectivity index (χ1) is 2.27. The van der Waals surface area contributed by atoms with Gasteiger partial charge in [-0.15, -0.1) is 0 Å². The zero-order chi connectivity index (χ0) is 4.28. The first-order valence-electron chi connectivity index (χ1n) is 1.29. The predicted octanol–water partition coefficient (Wildman–Crippen LogP) is 0.822. The van der Waals surface area contributed by atoms with Crippen LogP contribution in [0.3, 0.4) is 0 Å². The summed E-state index contributed by atoms with van der Waals surface area (Å²) >= 11 is 4.56. The molecule has 0 aliphatic carbocycles. The molecule has 0 fully saturated rings. The van der Waals surface area contributed by atoms with E-state index in [0.717, 1.165) is 0 Å². The van der Waals surface area contributed by atoms with Crippen LogP contribution in [0, 0.1) is 0 Å². The summed E-state index contributed by atoms with van der Waals surface area (Å²) < 4.78 is 1.78. The molecule has 0 radical (unpaired) electrons. The Hall–Kier alpha value is 0.440. The van der Waals surface area contributed by atoms with Crippen molar-refractivity contribution in [1.29, 1.82) is 0 Å². The molecule has 0 unspecified atom stereocenters. The van der Waals surface area contributed by atoms with Crippen LogP contribution in [0.15, 0.2) is 0 Å². The van der Waals surface area contributed by atoms with Crippen LogP contribution in [0.2, 0.25) is 0 Å². The molecule has 0 nitrogen and oxygen atoms in total. The molecule has 0 saturated carbocycles. The van der Waals surface area contributed by atoms with Crippen LogP contribution < -0.4 is 0 Å². The molecule has 0 aromatic carbocycles. The number of hydrogen-bond donors (Lipinski definition) is 0. The third kappa shape index (κ3) is 4.44. The van der Waals surface area contributed by atoms with Crippen molar-refractivity contribution in [3.8, 4) is 0 Å². The zero-order valence-corrected chi connectivity index (χ0v) is 5.03. The Morgan fingerprint density at radius 3 is 1.80 bits per heavy atom. The molecule has 0 rings (SSSR count). The van der Waals surface area contributed by atoms with Gasteiger partial charge in [0.1, 0.15) is 12.5 Å². The minimum absolute atomic E-state index is 0.367. The normalized spacial score (nSPS) is 8.60. The van der Waals surface area contributed by atoms with Crippen molar-refractivity contribution in [2.75, 3.05) is 12.5 Å². The van der Waals surface area contributed by atoms with Crippen molar-refractivity contribution in [2.24, 2.45) is 0 Å². The standard InChI is InChI=1S/C3H7S2/c1-5(2)3-4/h3H,1-2H3/q+1. The SMILES string of the molecule is C[S+](C)C=S. The van der Waals surface area contributed by atoms with E-state index in [-0.39, 0.29) is 0 Å². The monoisotopic (exact) mass is 107 g/mol. The maximum Gasteiger partial charge on any atom is 0.182 e. The van der Waals surface area contributed by atoms with Crippen molar-refractivity contribution in [3.05, 3.63) is 0 Å². The summed E-state index contributed by atoms with van der Waals surface area (Å²) in [6.07, 6.45) is 4.18. The molecule has 0 amide bonds. The lowest BCUT2D eigenvalue weighted by Crippen LogP contribution is -1.89. The summed E-state index contributed by atoms with van der Waals surface area (Å²) in [6.45, 7) is 0. The maximum atomic E-state index is 4.56. The highest BCUT2D eigenvalue weighted by molar-refractivity contribution is 8.17. The van der Waals surface area contributed by atoms with Gasteiger partial charge >= 0.3 is 0 Å². The topological polar surface area (TPSA) is 0 Å². The van der Waals surface area contributed by atoms with Gasteiger partial charge in [-0.3, -0.25) is 0 Å². The Kier molecular flexibility index (Phi) is 2.90. The largest absolute Gasteiger partial charge is 0.182 e. The summed E-state index contributed by atoms with van der Waals surface area (Å²) in [5.74, 6) is 0. The lowest BCUT2D eigenvalue weighted by molar-refractivity contribution is 2.32. The van der Waals surface area contributed by atoms with E-state index in [1.54, 1.807) is 4.70 Å². The summed E-state index contributed by atoms with van der Waals surface area (Å²) in [6, 6.07) is 0. The molecule has 0 aliphatic heterocycles. The van der Waals surface area contributed by atoms with Crippen LogP contribution in [0.5, 0.6) is 0 Å². The Morgan fingerprint density at radius 1 is 1.60 bits per heavy atom. The molecule has 0 bridgehead atoms. The number of hydrogen-bond acceptors (Lipinski definition) is 1. The van der Waals surface area contributed by atoms with Gasteiger partial charge in [-0.1, -0.05) is 0 Å². The minimum Gasteiger partial charge on any atom is -0.0331 e. The fraction of sp³-hybridized carbons (Fsp3) is 0.667. The summed E-state index contributed by atoms with van der Waals surface area (Å²) in [5, 5.41) is 0. The molecule has 0 spiro atoms. The van der Waals surface area contributed by atoms with E-state index >= 15 is 0 Å². The zero-order valence-electron chi connectivity index (χ0n) is 3.39. The molecule has 0 heterocycles. The van der Waals surface area contributed by atoms with Crippen molar-refractivity contribution in [2.45, 2.75) is 0 Å². The van der Waals surface area contributed by atoms with E-state index in [1.165, 1.54) is 0 Å². The van der Waals surface area contributed by atoms with Gasteiger partial charge < -0.3 is 0 Å². The molecule has 2 heteroatoms. The third-order valence-electron chi connectivity index (χ3n) is 0.192. The van der Waals surface area contributed by atoms with Crippen molar-refractivity contribution < 1.29 is 0 Å². The average molecular weight is 107 g/mol. The molecular formula is C3H7S2+. The van der Waals surface area contributed by atoms with Gasteiger partial charge in [0.15, 0.2) is 4.70 Å². The van der Waals surface area contributed by atoms with E-state index < -0.39 is 0 Å². The Morgan fingerprint density at radius 2 is 1.80 bits per heavy atom. The molecule has 0 N–H and O–H groups in total. The molecule has 0 aromatic rings. The smallest absolute Gasteiger partial charge is 0.0331 e. The molecule has 0 atom stereocenters. The van der Waals surface area contributed by atoms with Gasteiger partial charge in [0, 0.05) is 10.9 Å². The molecular weight excluding hydrogens is 100 g/mol. The van der Waals surface area contributed by atoms with Crippen LogP contribution in [0.25, 0.3) is 0 Å². The summed E-state index contributed by atoms with van der Waals surface area (Å²) in [5.41, 5.74) is 0. The highest BCUT2D eigenvalue weighted by Gasteiger charge is 1.86. The van der Waals surface area contributed by atoms with Gasteiger partial charge in [-0.25, -0.2) is 0 Å². The van der Waals surface area contributed by atoms with E-state index in [4.69, 9.17) is 0 Å². The molecule has 0 aliphatic rings. The Bertz CT molecular complexity index is 31.9. The van der Waals surface area contributed by atoms with E-state index in [1.807, 2.05) is 0 Å². The molecule has 0 saturated heterocycles. The quantitative estimate of drug-likeness (QED) is 0.353. The lowest BCUT2D eigenvalue weighted by atomic mass is 11.9. The third-order valence-corrected chi connectivity index (χ3v) is 1.73. The fourth-order valence-corrected chi connectivity index (χ4v) is 0. The van der Waals surface area contributed by atoms with Gasteiger partial charge in [-0.2, -0.15) is 0 Å². The second kappa shape index (κ2) is 2.67. The van der Waals surface area contributed by atoms with Gasteiger partial charge in [0.25, 0.3) is 0 Å². The highest BCUT2D eigenvalue weighted by atomic mass is 32.2. The second-order valence-electron chi connectivity index (χ2n) is 0.976. The van der Waals surface area contributed by atoms with Gasteiger partial charge in [-0.05, 0) is 12.2 Å². The first kappa shape index (κ1) is 5.44. The summed E-state index contributed by atoms with van der Waals surface area (Å²) in [7, 11) is 0.367. The second-order valence-corrected chi connectivity index (χ2v) is 3.50. The van der Waals surface area contributed by atoms with E-state index in [2.05, 4.69) is 24.7 Å². The predicted molar refractivity (Wildman–Crippen MR) is 32.9 cm³/mol. The highest BCUT2D eigenvalue weighted by Crippen LogP contribution is 1.71. The maximum absolute atomic E-state index is 4.56. The average Bonchev–Trinajstić information content (AvgIpc) is 1.38. The first-order valence-corrected chi connectivity index (χ1v) is 3.86. The van der Waals surface area contributed by atoms with Crippen LogP contribution >= 0.6 is 12.2 Å². The van der Waals surface area contributed by atoms with Crippen molar-refractivity contribution in [3.63, 3.8) is 0 Å². The Balaban J connectivity index is 2.83.